The number of nitrogens with two attached hydrogens (primary N) is 1. The Hall–Kier alpha value is -1.13. The Morgan fingerprint density at radius 2 is 1.93 bits per heavy atom. The molecule has 0 saturated carbocycles. The van der Waals surface area contributed by atoms with E-state index >= 15 is 0 Å². The predicted molar refractivity (Wildman–Crippen MR) is 54.5 cm³/mol. The van der Waals surface area contributed by atoms with Crippen molar-refractivity contribution < 1.29 is 9.18 Å². The maximum Gasteiger partial charge on any atom is 0.231 e. The lowest BCUT2D eigenvalue weighted by molar-refractivity contribution is -0.117. The first-order chi connectivity index (χ1) is 6.18. The average molecular weight is 219 g/mol. The van der Waals surface area contributed by atoms with Crippen LogP contribution in [0.2, 0.25) is 0 Å². The summed E-state index contributed by atoms with van der Waals surface area (Å²) in [6, 6.07) is 6.06. The van der Waals surface area contributed by atoms with Gasteiger partial charge >= 0.3 is 0 Å². The molecule has 3 N–H and O–H groups in total. The Morgan fingerprint density at radius 1 is 1.36 bits per heavy atom. The number of benzene rings is 1. The van der Waals surface area contributed by atoms with E-state index in [1.165, 1.54) is 12.1 Å². The Morgan fingerprint density at radius 3 is 2.43 bits per heavy atom. The molecular weight excluding hydrogens is 207 g/mol. The van der Waals surface area contributed by atoms with Crippen LogP contribution < -0.4 is 11.1 Å². The monoisotopic (exact) mass is 218 g/mol. The van der Waals surface area contributed by atoms with Crippen LogP contribution >= 0.6 is 12.4 Å². The van der Waals surface area contributed by atoms with Gasteiger partial charge in [-0.05, 0) is 17.7 Å². The molecule has 78 valence electrons. The largest absolute Gasteiger partial charge is 0.369 e. The summed E-state index contributed by atoms with van der Waals surface area (Å²) in [4.78, 5) is 10.3. The van der Waals surface area contributed by atoms with Gasteiger partial charge in [-0.25, -0.2) is 4.39 Å². The number of nitrogens with one attached hydrogen (secondary N) is 1. The van der Waals surface area contributed by atoms with Gasteiger partial charge in [0.05, 0.1) is 6.54 Å². The Balaban J connectivity index is 0.00000169. The zero-order valence-electron chi connectivity index (χ0n) is 7.50. The molecule has 0 heterocycles. The molecule has 1 aromatic rings. The average Bonchev–Trinajstić information content (AvgIpc) is 2.08. The quantitative estimate of drug-likeness (QED) is 0.786. The molecule has 0 saturated heterocycles. The van der Waals surface area contributed by atoms with Crippen molar-refractivity contribution >= 4 is 18.3 Å². The molecule has 0 atom stereocenters. The van der Waals surface area contributed by atoms with E-state index in [4.69, 9.17) is 5.73 Å². The second-order valence-corrected chi connectivity index (χ2v) is 2.70. The van der Waals surface area contributed by atoms with Crippen molar-refractivity contribution in [3.05, 3.63) is 35.6 Å². The highest BCUT2D eigenvalue weighted by Gasteiger charge is 1.95. The van der Waals surface area contributed by atoms with E-state index in [1.54, 1.807) is 12.1 Å². The van der Waals surface area contributed by atoms with E-state index in [0.29, 0.717) is 6.54 Å². The van der Waals surface area contributed by atoms with Gasteiger partial charge in [0.1, 0.15) is 5.82 Å². The zero-order valence-corrected chi connectivity index (χ0v) is 8.31. The topological polar surface area (TPSA) is 55.1 Å². The fourth-order valence-electron chi connectivity index (χ4n) is 0.932. The van der Waals surface area contributed by atoms with Crippen LogP contribution in [-0.4, -0.2) is 12.5 Å². The fourth-order valence-corrected chi connectivity index (χ4v) is 0.932. The summed E-state index contributed by atoms with van der Waals surface area (Å²) in [7, 11) is 0. The normalized spacial score (nSPS) is 9.21. The number of rotatable bonds is 4. The Labute approximate surface area is 87.9 Å². The summed E-state index contributed by atoms with van der Waals surface area (Å²) in [6.07, 6.45) is 0. The highest BCUT2D eigenvalue weighted by atomic mass is 35.5. The number of carbonyl (C=O) groups is 1. The van der Waals surface area contributed by atoms with Crippen molar-refractivity contribution in [2.45, 2.75) is 6.54 Å². The van der Waals surface area contributed by atoms with Crippen molar-refractivity contribution in [1.82, 2.24) is 5.32 Å². The fraction of sp³-hybridized carbons (Fsp3) is 0.222. The third kappa shape index (κ3) is 4.79. The first-order valence-corrected chi connectivity index (χ1v) is 3.92. The second-order valence-electron chi connectivity index (χ2n) is 2.70. The number of halogens is 2. The lowest BCUT2D eigenvalue weighted by atomic mass is 10.2. The molecule has 0 aromatic heterocycles. The number of primary amides is 1. The molecule has 0 aliphatic rings. The molecule has 14 heavy (non-hydrogen) atoms. The van der Waals surface area contributed by atoms with Gasteiger partial charge in [-0.1, -0.05) is 12.1 Å². The summed E-state index contributed by atoms with van der Waals surface area (Å²) < 4.78 is 12.4. The van der Waals surface area contributed by atoms with Crippen molar-refractivity contribution in [3.8, 4) is 0 Å². The minimum atomic E-state index is -0.401. The van der Waals surface area contributed by atoms with E-state index in [0.717, 1.165) is 5.56 Å². The van der Waals surface area contributed by atoms with Crippen LogP contribution in [0.15, 0.2) is 24.3 Å². The molecule has 0 fully saturated rings. The molecule has 1 aromatic carbocycles. The Kier molecular flexibility index (Phi) is 5.83. The molecule has 0 spiro atoms. The Bertz CT molecular complexity index is 289. The SMILES string of the molecule is Cl.NC(=O)CNCc1ccc(F)cc1. The van der Waals surface area contributed by atoms with Crippen molar-refractivity contribution in [2.24, 2.45) is 5.73 Å². The van der Waals surface area contributed by atoms with Crippen molar-refractivity contribution in [2.75, 3.05) is 6.54 Å². The summed E-state index contributed by atoms with van der Waals surface area (Å²) in [6.45, 7) is 0.653. The van der Waals surface area contributed by atoms with E-state index in [1.807, 2.05) is 0 Å². The van der Waals surface area contributed by atoms with Gasteiger partial charge in [-0.3, -0.25) is 4.79 Å². The van der Waals surface area contributed by atoms with Gasteiger partial charge in [0.15, 0.2) is 0 Å². The lowest BCUT2D eigenvalue weighted by Gasteiger charge is -2.01. The summed E-state index contributed by atoms with van der Waals surface area (Å²) >= 11 is 0. The number of carbonyl (C=O) groups excluding carboxylic acids is 1. The lowest BCUT2D eigenvalue weighted by Crippen LogP contribution is -2.28. The molecule has 0 unspecified atom stereocenters. The summed E-state index contributed by atoms with van der Waals surface area (Å²) in [5.41, 5.74) is 5.84. The third-order valence-corrected chi connectivity index (χ3v) is 1.54. The van der Waals surface area contributed by atoms with E-state index in [2.05, 4.69) is 5.32 Å². The van der Waals surface area contributed by atoms with E-state index in [-0.39, 0.29) is 24.8 Å². The second kappa shape index (κ2) is 6.34. The first kappa shape index (κ1) is 12.9. The molecule has 5 heteroatoms. The maximum absolute atomic E-state index is 12.4. The number of hydrogen-bond acceptors (Lipinski definition) is 2. The van der Waals surface area contributed by atoms with Gasteiger partial charge in [0.2, 0.25) is 5.91 Å². The van der Waals surface area contributed by atoms with Crippen LogP contribution in [0.5, 0.6) is 0 Å². The minimum absolute atomic E-state index is 0. The van der Waals surface area contributed by atoms with Crippen LogP contribution in [0.25, 0.3) is 0 Å². The maximum atomic E-state index is 12.4. The van der Waals surface area contributed by atoms with Gasteiger partial charge < -0.3 is 11.1 Å². The number of hydrogen-bond donors (Lipinski definition) is 2. The van der Waals surface area contributed by atoms with Crippen LogP contribution in [-0.2, 0) is 11.3 Å². The van der Waals surface area contributed by atoms with Gasteiger partial charge in [0.25, 0.3) is 0 Å². The minimum Gasteiger partial charge on any atom is -0.369 e. The van der Waals surface area contributed by atoms with Crippen molar-refractivity contribution in [3.63, 3.8) is 0 Å². The highest BCUT2D eigenvalue weighted by molar-refractivity contribution is 5.85. The number of amides is 1. The molecule has 0 radical (unpaired) electrons. The standard InChI is InChI=1S/C9H11FN2O.ClH/c10-8-3-1-7(2-4-8)5-12-6-9(11)13;/h1-4,12H,5-6H2,(H2,11,13);1H. The molecule has 1 amide bonds. The van der Waals surface area contributed by atoms with Gasteiger partial charge in [0, 0.05) is 6.54 Å². The molecule has 0 aliphatic carbocycles. The van der Waals surface area contributed by atoms with Crippen LogP contribution in [0.4, 0.5) is 4.39 Å². The highest BCUT2D eigenvalue weighted by Crippen LogP contribution is 2.01. The molecule has 0 bridgehead atoms. The van der Waals surface area contributed by atoms with Gasteiger partial charge in [-0.2, -0.15) is 0 Å². The summed E-state index contributed by atoms with van der Waals surface area (Å²) in [5.74, 6) is -0.666. The zero-order chi connectivity index (χ0) is 9.68. The third-order valence-electron chi connectivity index (χ3n) is 1.54. The van der Waals surface area contributed by atoms with Crippen LogP contribution in [0.3, 0.4) is 0 Å². The van der Waals surface area contributed by atoms with E-state index < -0.39 is 5.91 Å². The van der Waals surface area contributed by atoms with Crippen LogP contribution in [0, 0.1) is 5.82 Å². The molecule has 1 rings (SSSR count). The summed E-state index contributed by atoms with van der Waals surface area (Å²) in [5, 5.41) is 2.82. The predicted octanol–water partition coefficient (Wildman–Crippen LogP) is 0.822. The van der Waals surface area contributed by atoms with Crippen molar-refractivity contribution in [1.29, 1.82) is 0 Å². The smallest absolute Gasteiger partial charge is 0.231 e. The molecular formula is C9H12ClFN2O. The van der Waals surface area contributed by atoms with Gasteiger partial charge in [-0.15, -0.1) is 12.4 Å². The molecule has 3 nitrogen and oxygen atoms in total. The molecule has 0 aliphatic heterocycles. The van der Waals surface area contributed by atoms with Crippen LogP contribution in [0.1, 0.15) is 5.56 Å². The van der Waals surface area contributed by atoms with E-state index in [9.17, 15) is 9.18 Å². The first-order valence-electron chi connectivity index (χ1n) is 3.92.